The van der Waals surface area contributed by atoms with Crippen LogP contribution < -0.4 is 5.32 Å². The number of benzene rings is 1. The Bertz CT molecular complexity index is 581. The molecule has 1 aromatic carbocycles. The third-order valence-electron chi connectivity index (χ3n) is 3.17. The number of rotatable bonds is 3. The Balaban J connectivity index is 2.36. The summed E-state index contributed by atoms with van der Waals surface area (Å²) in [7, 11) is -2.50. The van der Waals surface area contributed by atoms with Gasteiger partial charge in [-0.3, -0.25) is 0 Å². The van der Waals surface area contributed by atoms with Crippen LogP contribution in [0.2, 0.25) is 5.02 Å². The Hall–Kier alpha value is -0.730. The molecule has 106 valence electrons. The summed E-state index contributed by atoms with van der Waals surface area (Å²) in [6, 6.07) is 2.55. The highest BCUT2D eigenvalue weighted by molar-refractivity contribution is 7.89. The molecule has 0 amide bonds. The molecular formula is C11H14ClFN2O3S. The van der Waals surface area contributed by atoms with E-state index in [1.165, 1.54) is 7.05 Å². The van der Waals surface area contributed by atoms with Crippen LogP contribution in [0.5, 0.6) is 0 Å². The lowest BCUT2D eigenvalue weighted by Crippen LogP contribution is -2.44. The van der Waals surface area contributed by atoms with Gasteiger partial charge in [-0.15, -0.1) is 0 Å². The number of nitrogens with zero attached hydrogens (tertiary/aromatic N) is 1. The van der Waals surface area contributed by atoms with Crippen molar-refractivity contribution in [2.24, 2.45) is 0 Å². The van der Waals surface area contributed by atoms with Gasteiger partial charge < -0.3 is 10.4 Å². The molecule has 2 rings (SSSR count). The van der Waals surface area contributed by atoms with Crippen LogP contribution in [0.25, 0.3) is 0 Å². The molecule has 0 spiro atoms. The van der Waals surface area contributed by atoms with Crippen molar-refractivity contribution < 1.29 is 17.9 Å². The Morgan fingerprint density at radius 1 is 1.47 bits per heavy atom. The number of β-amino-alcohol motifs (C(OH)–C–C–N with tert-alkyl or cyclic N) is 1. The van der Waals surface area contributed by atoms with Gasteiger partial charge in [-0.1, -0.05) is 11.6 Å². The molecule has 1 heterocycles. The highest BCUT2D eigenvalue weighted by atomic mass is 35.5. The minimum atomic E-state index is -3.87. The van der Waals surface area contributed by atoms with Crippen molar-refractivity contribution in [2.45, 2.75) is 17.0 Å². The van der Waals surface area contributed by atoms with Gasteiger partial charge in [-0.2, -0.15) is 4.31 Å². The van der Waals surface area contributed by atoms with Crippen molar-refractivity contribution in [3.63, 3.8) is 0 Å². The summed E-state index contributed by atoms with van der Waals surface area (Å²) in [6.07, 6.45) is -0.779. The maximum absolute atomic E-state index is 13.0. The molecule has 1 aliphatic rings. The fourth-order valence-corrected chi connectivity index (χ4v) is 3.93. The summed E-state index contributed by atoms with van der Waals surface area (Å²) >= 11 is 5.78. The molecule has 1 fully saturated rings. The first-order chi connectivity index (χ1) is 8.84. The number of nitrogens with one attached hydrogen (secondary N) is 1. The van der Waals surface area contributed by atoms with Gasteiger partial charge in [0.2, 0.25) is 10.0 Å². The lowest BCUT2D eigenvalue weighted by atomic mass is 10.2. The van der Waals surface area contributed by atoms with E-state index in [0.29, 0.717) is 13.1 Å². The zero-order valence-corrected chi connectivity index (χ0v) is 11.7. The number of likely N-dealkylation sites (N-methyl/N-ethyl adjacent to an activating group) is 1. The minimum absolute atomic E-state index is 0.169. The van der Waals surface area contributed by atoms with E-state index in [1.807, 2.05) is 0 Å². The van der Waals surface area contributed by atoms with E-state index in [2.05, 4.69) is 5.32 Å². The van der Waals surface area contributed by atoms with E-state index in [0.717, 1.165) is 22.5 Å². The Morgan fingerprint density at radius 3 is 2.68 bits per heavy atom. The molecule has 1 aromatic rings. The van der Waals surface area contributed by atoms with E-state index in [-0.39, 0.29) is 9.92 Å². The van der Waals surface area contributed by atoms with E-state index in [9.17, 15) is 17.9 Å². The molecule has 8 heteroatoms. The topological polar surface area (TPSA) is 69.6 Å². The maximum Gasteiger partial charge on any atom is 0.244 e. The fourth-order valence-electron chi connectivity index (χ4n) is 2.04. The molecule has 19 heavy (non-hydrogen) atoms. The Labute approximate surface area is 116 Å². The zero-order valence-electron chi connectivity index (χ0n) is 10.2. The normalized spacial score (nSPS) is 24.1. The smallest absolute Gasteiger partial charge is 0.244 e. The van der Waals surface area contributed by atoms with Crippen molar-refractivity contribution in [1.82, 2.24) is 9.62 Å². The van der Waals surface area contributed by atoms with Crippen LogP contribution in [-0.2, 0) is 10.0 Å². The first-order valence-electron chi connectivity index (χ1n) is 5.66. The average molecular weight is 309 g/mol. The van der Waals surface area contributed by atoms with Gasteiger partial charge >= 0.3 is 0 Å². The summed E-state index contributed by atoms with van der Waals surface area (Å²) in [5, 5.41) is 12.4. The minimum Gasteiger partial charge on any atom is -0.390 e. The zero-order chi connectivity index (χ0) is 14.2. The predicted octanol–water partition coefficient (Wildman–Crippen LogP) is 0.432. The molecular weight excluding hydrogens is 295 g/mol. The number of halogens is 2. The standard InChI is InChI=1S/C11H14ClFN2O3S/c1-15(9-5-14-6-10(9)16)19(17,18)11-3-2-7(13)4-8(11)12/h2-4,9-10,14,16H,5-6H2,1H3/t9-,10-/m1/s1. The first kappa shape index (κ1) is 14.7. The second-order valence-electron chi connectivity index (χ2n) is 4.39. The lowest BCUT2D eigenvalue weighted by Gasteiger charge is -2.26. The highest BCUT2D eigenvalue weighted by Crippen LogP contribution is 2.26. The Kier molecular flexibility index (Phi) is 4.12. The van der Waals surface area contributed by atoms with E-state index in [1.54, 1.807) is 0 Å². The monoisotopic (exact) mass is 308 g/mol. The van der Waals surface area contributed by atoms with Gasteiger partial charge in [-0.25, -0.2) is 12.8 Å². The second kappa shape index (κ2) is 5.34. The molecule has 2 N–H and O–H groups in total. The third-order valence-corrected chi connectivity index (χ3v) is 5.53. The number of sulfonamides is 1. The molecule has 1 aliphatic heterocycles. The molecule has 0 bridgehead atoms. The van der Waals surface area contributed by atoms with Crippen LogP contribution >= 0.6 is 11.6 Å². The maximum atomic E-state index is 13.0. The summed E-state index contributed by atoms with van der Waals surface area (Å²) in [4.78, 5) is -0.169. The molecule has 5 nitrogen and oxygen atoms in total. The lowest BCUT2D eigenvalue weighted by molar-refractivity contribution is 0.136. The number of aliphatic hydroxyl groups is 1. The fraction of sp³-hybridized carbons (Fsp3) is 0.455. The summed E-state index contributed by atoms with van der Waals surface area (Å²) in [5.74, 6) is -0.603. The van der Waals surface area contributed by atoms with Crippen LogP contribution in [0.3, 0.4) is 0 Å². The summed E-state index contributed by atoms with van der Waals surface area (Å²) < 4.78 is 38.8. The van der Waals surface area contributed by atoms with E-state index in [4.69, 9.17) is 11.6 Å². The van der Waals surface area contributed by atoms with Crippen LogP contribution in [0.1, 0.15) is 0 Å². The largest absolute Gasteiger partial charge is 0.390 e. The highest BCUT2D eigenvalue weighted by Gasteiger charge is 2.36. The van der Waals surface area contributed by atoms with Crippen molar-refractivity contribution in [1.29, 1.82) is 0 Å². The predicted molar refractivity (Wildman–Crippen MR) is 69.0 cm³/mol. The molecule has 0 aliphatic carbocycles. The molecule has 0 aromatic heterocycles. The molecule has 2 atom stereocenters. The quantitative estimate of drug-likeness (QED) is 0.850. The van der Waals surface area contributed by atoms with Gasteiger partial charge in [0.25, 0.3) is 0 Å². The molecule has 0 saturated carbocycles. The van der Waals surface area contributed by atoms with Crippen molar-refractivity contribution in [3.05, 3.63) is 29.0 Å². The number of hydrogen-bond acceptors (Lipinski definition) is 4. The van der Waals surface area contributed by atoms with Gasteiger partial charge in [0.15, 0.2) is 0 Å². The summed E-state index contributed by atoms with van der Waals surface area (Å²) in [6.45, 7) is 0.692. The van der Waals surface area contributed by atoms with Crippen LogP contribution in [0, 0.1) is 5.82 Å². The molecule has 1 saturated heterocycles. The van der Waals surface area contributed by atoms with Gasteiger partial charge in [0.1, 0.15) is 10.7 Å². The summed E-state index contributed by atoms with van der Waals surface area (Å²) in [5.41, 5.74) is 0. The number of hydrogen-bond donors (Lipinski definition) is 2. The van der Waals surface area contributed by atoms with Crippen LogP contribution in [-0.4, -0.2) is 50.1 Å². The molecule has 0 unspecified atom stereocenters. The SMILES string of the molecule is CN([C@@H]1CNC[C@H]1O)S(=O)(=O)c1ccc(F)cc1Cl. The molecule has 0 radical (unpaired) electrons. The third kappa shape index (κ3) is 2.75. The number of aliphatic hydroxyl groups excluding tert-OH is 1. The van der Waals surface area contributed by atoms with Crippen LogP contribution in [0.4, 0.5) is 4.39 Å². The van der Waals surface area contributed by atoms with Gasteiger partial charge in [-0.05, 0) is 18.2 Å². The second-order valence-corrected chi connectivity index (χ2v) is 6.76. The Morgan fingerprint density at radius 2 is 2.16 bits per heavy atom. The van der Waals surface area contributed by atoms with E-state index >= 15 is 0 Å². The van der Waals surface area contributed by atoms with Gasteiger partial charge in [0, 0.05) is 20.1 Å². The first-order valence-corrected chi connectivity index (χ1v) is 7.47. The van der Waals surface area contributed by atoms with Crippen molar-refractivity contribution in [2.75, 3.05) is 20.1 Å². The average Bonchev–Trinajstić information content (AvgIpc) is 2.73. The van der Waals surface area contributed by atoms with Crippen LogP contribution in [0.15, 0.2) is 23.1 Å². The van der Waals surface area contributed by atoms with Crippen molar-refractivity contribution >= 4 is 21.6 Å². The van der Waals surface area contributed by atoms with Crippen molar-refractivity contribution in [3.8, 4) is 0 Å². The van der Waals surface area contributed by atoms with Gasteiger partial charge in [0.05, 0.1) is 17.2 Å². The van der Waals surface area contributed by atoms with E-state index < -0.39 is 28.0 Å².